The molecule has 0 aliphatic heterocycles. The quantitative estimate of drug-likeness (QED) is 0.771. The Kier molecular flexibility index (Phi) is 5.38. The maximum absolute atomic E-state index is 13.0. The van der Waals surface area contributed by atoms with Crippen LogP contribution in [0.1, 0.15) is 18.6 Å². The van der Waals surface area contributed by atoms with E-state index in [1.807, 2.05) is 0 Å². The summed E-state index contributed by atoms with van der Waals surface area (Å²) in [6, 6.07) is 7.49. The van der Waals surface area contributed by atoms with Crippen LogP contribution in [-0.2, 0) is 21.4 Å². The van der Waals surface area contributed by atoms with E-state index < -0.39 is 10.0 Å². The first-order valence-corrected chi connectivity index (χ1v) is 9.83. The summed E-state index contributed by atoms with van der Waals surface area (Å²) < 4.78 is 32.2. The molecule has 1 aliphatic carbocycles. The van der Waals surface area contributed by atoms with Crippen molar-refractivity contribution in [3.63, 3.8) is 0 Å². The number of furan rings is 1. The number of sulfonamides is 1. The fraction of sp³-hybridized carbons (Fsp3) is 0.312. The molecule has 9 heteroatoms. The lowest BCUT2D eigenvalue weighted by molar-refractivity contribution is -0.121. The van der Waals surface area contributed by atoms with Crippen molar-refractivity contribution in [1.82, 2.24) is 9.62 Å². The van der Waals surface area contributed by atoms with Gasteiger partial charge in [0.1, 0.15) is 5.76 Å². The second-order valence-electron chi connectivity index (χ2n) is 5.77. The van der Waals surface area contributed by atoms with Crippen molar-refractivity contribution in [2.45, 2.75) is 30.3 Å². The second-order valence-corrected chi connectivity index (χ2v) is 8.52. The van der Waals surface area contributed by atoms with Gasteiger partial charge in [0.15, 0.2) is 0 Å². The Morgan fingerprint density at radius 1 is 1.24 bits per heavy atom. The van der Waals surface area contributed by atoms with Crippen LogP contribution in [0, 0.1) is 0 Å². The highest BCUT2D eigenvalue weighted by molar-refractivity contribution is 7.89. The summed E-state index contributed by atoms with van der Waals surface area (Å²) in [5, 5.41) is 3.17. The highest BCUT2D eigenvalue weighted by Gasteiger charge is 2.30. The Bertz CT molecular complexity index is 864. The Morgan fingerprint density at radius 2 is 2.00 bits per heavy atom. The van der Waals surface area contributed by atoms with Gasteiger partial charge in [-0.05, 0) is 43.2 Å². The van der Waals surface area contributed by atoms with Crippen LogP contribution in [-0.4, -0.2) is 31.2 Å². The molecule has 1 aromatic carbocycles. The largest absolute Gasteiger partial charge is 0.468 e. The number of amides is 1. The van der Waals surface area contributed by atoms with Crippen LogP contribution < -0.4 is 5.32 Å². The first-order chi connectivity index (χ1) is 11.9. The van der Waals surface area contributed by atoms with E-state index in [9.17, 15) is 13.2 Å². The molecule has 0 unspecified atom stereocenters. The first-order valence-electron chi connectivity index (χ1n) is 7.63. The molecule has 0 atom stereocenters. The summed E-state index contributed by atoms with van der Waals surface area (Å²) in [5.41, 5.74) is 0. The zero-order valence-corrected chi connectivity index (χ0v) is 15.4. The molecule has 1 aromatic heterocycles. The number of carbonyl (C=O) groups is 1. The van der Waals surface area contributed by atoms with Gasteiger partial charge < -0.3 is 9.73 Å². The molecule has 1 N–H and O–H groups in total. The van der Waals surface area contributed by atoms with E-state index in [-0.39, 0.29) is 40.0 Å². The van der Waals surface area contributed by atoms with E-state index in [1.54, 1.807) is 12.1 Å². The normalized spacial score (nSPS) is 14.7. The summed E-state index contributed by atoms with van der Waals surface area (Å²) >= 11 is 11.8. The van der Waals surface area contributed by atoms with E-state index in [1.165, 1.54) is 24.5 Å². The van der Waals surface area contributed by atoms with Gasteiger partial charge in [-0.1, -0.05) is 23.2 Å². The lowest BCUT2D eigenvalue weighted by Crippen LogP contribution is -2.40. The van der Waals surface area contributed by atoms with Crippen LogP contribution in [0.5, 0.6) is 0 Å². The lowest BCUT2D eigenvalue weighted by Gasteiger charge is -2.21. The molecule has 2 aromatic rings. The molecule has 1 heterocycles. The van der Waals surface area contributed by atoms with Gasteiger partial charge in [-0.2, -0.15) is 4.31 Å². The minimum absolute atomic E-state index is 0.0346. The minimum atomic E-state index is -3.96. The van der Waals surface area contributed by atoms with Gasteiger partial charge in [-0.3, -0.25) is 4.79 Å². The summed E-state index contributed by atoms with van der Waals surface area (Å²) in [6.07, 6.45) is 3.29. The van der Waals surface area contributed by atoms with Crippen molar-refractivity contribution in [1.29, 1.82) is 0 Å². The molecule has 0 radical (unpaired) electrons. The molecule has 134 valence electrons. The van der Waals surface area contributed by atoms with Gasteiger partial charge in [-0.25, -0.2) is 8.42 Å². The van der Waals surface area contributed by atoms with Crippen molar-refractivity contribution >= 4 is 39.1 Å². The fourth-order valence-corrected chi connectivity index (χ4v) is 4.00. The molecule has 1 fully saturated rings. The van der Waals surface area contributed by atoms with Gasteiger partial charge in [0.05, 0.1) is 34.3 Å². The molecular weight excluding hydrogens is 387 g/mol. The smallest absolute Gasteiger partial charge is 0.244 e. The van der Waals surface area contributed by atoms with Gasteiger partial charge in [0.25, 0.3) is 0 Å². The molecule has 0 spiro atoms. The van der Waals surface area contributed by atoms with Crippen molar-refractivity contribution < 1.29 is 17.6 Å². The number of rotatable bonds is 7. The molecule has 0 saturated heterocycles. The van der Waals surface area contributed by atoms with Crippen molar-refractivity contribution in [3.8, 4) is 0 Å². The predicted octanol–water partition coefficient (Wildman–Crippen LogP) is 3.06. The molecular formula is C16H16Cl2N2O4S. The average molecular weight is 403 g/mol. The minimum Gasteiger partial charge on any atom is -0.468 e. The third-order valence-corrected chi connectivity index (χ3v) is 6.23. The van der Waals surface area contributed by atoms with Gasteiger partial charge in [-0.15, -0.1) is 0 Å². The van der Waals surface area contributed by atoms with E-state index in [2.05, 4.69) is 5.32 Å². The monoisotopic (exact) mass is 402 g/mol. The van der Waals surface area contributed by atoms with Crippen molar-refractivity contribution in [2.75, 3.05) is 6.54 Å². The number of benzene rings is 1. The van der Waals surface area contributed by atoms with Gasteiger partial charge >= 0.3 is 0 Å². The van der Waals surface area contributed by atoms with Crippen LogP contribution in [0.3, 0.4) is 0 Å². The SMILES string of the molecule is O=C(CN(Cc1ccco1)S(=O)(=O)c1ccc(Cl)c(Cl)c1)NC1CC1. The maximum Gasteiger partial charge on any atom is 0.244 e. The third kappa shape index (κ3) is 4.55. The Morgan fingerprint density at radius 3 is 2.60 bits per heavy atom. The van der Waals surface area contributed by atoms with Crippen LogP contribution >= 0.6 is 23.2 Å². The van der Waals surface area contributed by atoms with E-state index in [0.717, 1.165) is 17.1 Å². The number of halogens is 2. The zero-order valence-electron chi connectivity index (χ0n) is 13.1. The van der Waals surface area contributed by atoms with E-state index in [4.69, 9.17) is 27.6 Å². The van der Waals surface area contributed by atoms with Crippen LogP contribution in [0.25, 0.3) is 0 Å². The molecule has 6 nitrogen and oxygen atoms in total. The van der Waals surface area contributed by atoms with Crippen LogP contribution in [0.2, 0.25) is 10.0 Å². The van der Waals surface area contributed by atoms with Gasteiger partial charge in [0, 0.05) is 6.04 Å². The van der Waals surface area contributed by atoms with Crippen molar-refractivity contribution in [3.05, 3.63) is 52.4 Å². The summed E-state index contributed by atoms with van der Waals surface area (Å²) in [4.78, 5) is 12.1. The fourth-order valence-electron chi connectivity index (χ4n) is 2.25. The van der Waals surface area contributed by atoms with Crippen molar-refractivity contribution in [2.24, 2.45) is 0 Å². The number of hydrogen-bond acceptors (Lipinski definition) is 4. The molecule has 3 rings (SSSR count). The van der Waals surface area contributed by atoms with E-state index in [0.29, 0.717) is 5.76 Å². The summed E-state index contributed by atoms with van der Waals surface area (Å²) in [5.74, 6) is 0.0838. The molecule has 1 saturated carbocycles. The number of hydrogen-bond donors (Lipinski definition) is 1. The highest BCUT2D eigenvalue weighted by atomic mass is 35.5. The first kappa shape index (κ1) is 18.3. The summed E-state index contributed by atoms with van der Waals surface area (Å²) in [6.45, 7) is -0.368. The van der Waals surface area contributed by atoms with Crippen LogP contribution in [0.4, 0.5) is 0 Å². The standard InChI is InChI=1S/C16H16Cl2N2O4S/c17-14-6-5-13(8-15(14)18)25(22,23)20(9-12-2-1-7-24-12)10-16(21)19-11-3-4-11/h1-2,5-8,11H,3-4,9-10H2,(H,19,21). The number of carbonyl (C=O) groups excluding carboxylic acids is 1. The highest BCUT2D eigenvalue weighted by Crippen LogP contribution is 2.27. The molecule has 1 aliphatic rings. The van der Waals surface area contributed by atoms with E-state index >= 15 is 0 Å². The molecule has 25 heavy (non-hydrogen) atoms. The second kappa shape index (κ2) is 7.37. The van der Waals surface area contributed by atoms with Gasteiger partial charge in [0.2, 0.25) is 15.9 Å². The third-order valence-electron chi connectivity index (χ3n) is 3.70. The maximum atomic E-state index is 13.0. The molecule has 0 bridgehead atoms. The summed E-state index contributed by atoms with van der Waals surface area (Å²) in [7, 11) is -3.96. The predicted molar refractivity (Wildman–Crippen MR) is 93.9 cm³/mol. The Balaban J connectivity index is 1.87. The Labute approximate surface area is 155 Å². The van der Waals surface area contributed by atoms with Crippen LogP contribution in [0.15, 0.2) is 45.9 Å². The molecule has 1 amide bonds. The topological polar surface area (TPSA) is 79.6 Å². The number of nitrogens with zero attached hydrogens (tertiary/aromatic N) is 1. The Hall–Kier alpha value is -1.54. The number of nitrogens with one attached hydrogen (secondary N) is 1. The zero-order chi connectivity index (χ0) is 18.0. The lowest BCUT2D eigenvalue weighted by atomic mass is 10.4. The average Bonchev–Trinajstić information content (AvgIpc) is 3.21.